The number of para-hydroxylation sites is 1. The van der Waals surface area contributed by atoms with Gasteiger partial charge in [-0.3, -0.25) is 4.79 Å². The van der Waals surface area contributed by atoms with E-state index in [9.17, 15) is 4.79 Å². The normalized spacial score (nSPS) is 17.4. The zero-order valence-electron chi connectivity index (χ0n) is 9.89. The van der Waals surface area contributed by atoms with Crippen LogP contribution in [-0.2, 0) is 0 Å². The molecule has 2 aromatic rings. The van der Waals surface area contributed by atoms with Crippen molar-refractivity contribution in [2.24, 2.45) is 5.73 Å². The Kier molecular flexibility index (Phi) is 2.61. The van der Waals surface area contributed by atoms with E-state index in [1.165, 1.54) is 0 Å². The zero-order chi connectivity index (χ0) is 12.5. The number of carbonyl (C=O) groups excluding carboxylic acids is 1. The van der Waals surface area contributed by atoms with E-state index in [0.29, 0.717) is 12.1 Å². The molecular weight excluding hydrogens is 224 g/mol. The molecule has 0 fully saturated rings. The SMILES string of the molecule is NC[C@@H]1c2ccccc2NC(=O)c2ccccc21. The van der Waals surface area contributed by atoms with E-state index >= 15 is 0 Å². The van der Waals surface area contributed by atoms with Crippen LogP contribution in [0.3, 0.4) is 0 Å². The molecule has 3 rings (SSSR count). The maximum absolute atomic E-state index is 12.2. The number of hydrogen-bond acceptors (Lipinski definition) is 2. The van der Waals surface area contributed by atoms with Crippen LogP contribution in [0.5, 0.6) is 0 Å². The average Bonchev–Trinajstić information content (AvgIpc) is 2.53. The highest BCUT2D eigenvalue weighted by molar-refractivity contribution is 6.07. The molecule has 1 atom stereocenters. The Hall–Kier alpha value is -2.13. The number of carbonyl (C=O) groups is 1. The van der Waals surface area contributed by atoms with Crippen LogP contribution in [-0.4, -0.2) is 12.5 Å². The molecule has 2 aromatic carbocycles. The topological polar surface area (TPSA) is 55.1 Å². The van der Waals surface area contributed by atoms with E-state index < -0.39 is 0 Å². The molecule has 1 heterocycles. The Bertz CT molecular complexity index is 607. The second-order valence-corrected chi connectivity index (χ2v) is 4.42. The Morgan fingerprint density at radius 2 is 1.67 bits per heavy atom. The summed E-state index contributed by atoms with van der Waals surface area (Å²) < 4.78 is 0. The van der Waals surface area contributed by atoms with Crippen molar-refractivity contribution in [1.29, 1.82) is 0 Å². The van der Waals surface area contributed by atoms with Gasteiger partial charge in [-0.15, -0.1) is 0 Å². The van der Waals surface area contributed by atoms with Crippen LogP contribution in [0, 0.1) is 0 Å². The maximum Gasteiger partial charge on any atom is 0.255 e. The number of nitrogens with one attached hydrogen (secondary N) is 1. The first kappa shape index (κ1) is 11.0. The van der Waals surface area contributed by atoms with Crippen molar-refractivity contribution >= 4 is 11.6 Å². The van der Waals surface area contributed by atoms with Crippen LogP contribution < -0.4 is 11.1 Å². The highest BCUT2D eigenvalue weighted by Crippen LogP contribution is 2.34. The second-order valence-electron chi connectivity index (χ2n) is 4.42. The Labute approximate surface area is 106 Å². The van der Waals surface area contributed by atoms with Gasteiger partial charge in [-0.25, -0.2) is 0 Å². The summed E-state index contributed by atoms with van der Waals surface area (Å²) in [7, 11) is 0. The van der Waals surface area contributed by atoms with Gasteiger partial charge in [0.15, 0.2) is 0 Å². The minimum Gasteiger partial charge on any atom is -0.330 e. The minimum atomic E-state index is -0.0611. The number of amides is 1. The molecule has 0 aliphatic carbocycles. The van der Waals surface area contributed by atoms with Crippen LogP contribution in [0.1, 0.15) is 27.4 Å². The van der Waals surface area contributed by atoms with Crippen molar-refractivity contribution in [1.82, 2.24) is 0 Å². The molecule has 0 saturated carbocycles. The van der Waals surface area contributed by atoms with Crippen molar-refractivity contribution in [3.8, 4) is 0 Å². The summed E-state index contributed by atoms with van der Waals surface area (Å²) in [5.74, 6) is 0.00495. The summed E-state index contributed by atoms with van der Waals surface area (Å²) in [6, 6.07) is 15.5. The minimum absolute atomic E-state index is 0.0611. The van der Waals surface area contributed by atoms with Crippen molar-refractivity contribution in [2.75, 3.05) is 11.9 Å². The molecule has 18 heavy (non-hydrogen) atoms. The lowest BCUT2D eigenvalue weighted by atomic mass is 9.88. The number of nitrogens with two attached hydrogens (primary N) is 1. The van der Waals surface area contributed by atoms with Crippen molar-refractivity contribution < 1.29 is 4.79 Å². The molecule has 3 heteroatoms. The molecule has 1 aliphatic heterocycles. The van der Waals surface area contributed by atoms with Gasteiger partial charge in [0.25, 0.3) is 5.91 Å². The van der Waals surface area contributed by atoms with E-state index in [0.717, 1.165) is 16.8 Å². The average molecular weight is 238 g/mol. The van der Waals surface area contributed by atoms with Gasteiger partial charge in [0.1, 0.15) is 0 Å². The highest BCUT2D eigenvalue weighted by Gasteiger charge is 2.25. The van der Waals surface area contributed by atoms with Crippen LogP contribution in [0.4, 0.5) is 5.69 Å². The van der Waals surface area contributed by atoms with Gasteiger partial charge in [-0.05, 0) is 23.3 Å². The van der Waals surface area contributed by atoms with Crippen molar-refractivity contribution in [2.45, 2.75) is 5.92 Å². The molecule has 0 spiro atoms. The lowest BCUT2D eigenvalue weighted by molar-refractivity contribution is 0.102. The largest absolute Gasteiger partial charge is 0.330 e. The fraction of sp³-hybridized carbons (Fsp3) is 0.133. The Balaban J connectivity index is 2.26. The molecule has 3 nitrogen and oxygen atoms in total. The van der Waals surface area contributed by atoms with E-state index in [4.69, 9.17) is 5.73 Å². The van der Waals surface area contributed by atoms with Crippen LogP contribution >= 0.6 is 0 Å². The van der Waals surface area contributed by atoms with Gasteiger partial charge >= 0.3 is 0 Å². The van der Waals surface area contributed by atoms with Gasteiger partial charge in [0.2, 0.25) is 0 Å². The molecule has 0 radical (unpaired) electrons. The Morgan fingerprint density at radius 1 is 1.00 bits per heavy atom. The molecule has 3 N–H and O–H groups in total. The Morgan fingerprint density at radius 3 is 2.44 bits per heavy atom. The first-order valence-corrected chi connectivity index (χ1v) is 6.00. The van der Waals surface area contributed by atoms with Gasteiger partial charge in [0.05, 0.1) is 0 Å². The quantitative estimate of drug-likeness (QED) is 0.801. The highest BCUT2D eigenvalue weighted by atomic mass is 16.1. The molecule has 0 saturated heterocycles. The summed E-state index contributed by atoms with van der Waals surface area (Å²) in [5, 5.41) is 2.95. The third-order valence-corrected chi connectivity index (χ3v) is 3.40. The molecule has 90 valence electrons. The summed E-state index contributed by atoms with van der Waals surface area (Å²) in [6.07, 6.45) is 0. The van der Waals surface area contributed by atoms with Crippen LogP contribution in [0.15, 0.2) is 48.5 Å². The van der Waals surface area contributed by atoms with E-state index in [2.05, 4.69) is 5.32 Å². The first-order valence-electron chi connectivity index (χ1n) is 6.00. The van der Waals surface area contributed by atoms with Crippen molar-refractivity contribution in [3.63, 3.8) is 0 Å². The number of hydrogen-bond donors (Lipinski definition) is 2. The van der Waals surface area contributed by atoms with Gasteiger partial charge < -0.3 is 11.1 Å². The lowest BCUT2D eigenvalue weighted by Gasteiger charge is -2.16. The molecule has 1 aliphatic rings. The predicted octanol–water partition coefficient (Wildman–Crippen LogP) is 2.34. The van der Waals surface area contributed by atoms with Gasteiger partial charge in [-0.2, -0.15) is 0 Å². The maximum atomic E-state index is 12.2. The molecular formula is C15H14N2O. The van der Waals surface area contributed by atoms with Gasteiger partial charge in [-0.1, -0.05) is 36.4 Å². The monoisotopic (exact) mass is 238 g/mol. The number of anilines is 1. The van der Waals surface area contributed by atoms with E-state index in [-0.39, 0.29) is 11.8 Å². The molecule has 1 amide bonds. The number of rotatable bonds is 1. The van der Waals surface area contributed by atoms with Crippen molar-refractivity contribution in [3.05, 3.63) is 65.2 Å². The summed E-state index contributed by atoms with van der Waals surface area (Å²) in [5.41, 5.74) is 9.56. The fourth-order valence-corrected chi connectivity index (χ4v) is 2.53. The lowest BCUT2D eigenvalue weighted by Crippen LogP contribution is -2.15. The summed E-state index contributed by atoms with van der Waals surface area (Å²) >= 11 is 0. The fourth-order valence-electron chi connectivity index (χ4n) is 2.53. The number of fused-ring (bicyclic) bond motifs is 2. The first-order chi connectivity index (χ1) is 8.81. The standard InChI is InChI=1S/C15H14N2O/c16-9-13-10-5-1-2-7-12(10)15(18)17-14-8-4-3-6-11(13)14/h1-8,13H,9,16H2,(H,17,18)/t13-/m0/s1. The summed E-state index contributed by atoms with van der Waals surface area (Å²) in [6.45, 7) is 0.489. The predicted molar refractivity (Wildman–Crippen MR) is 71.7 cm³/mol. The smallest absolute Gasteiger partial charge is 0.255 e. The second kappa shape index (κ2) is 4.27. The third kappa shape index (κ3) is 1.60. The zero-order valence-corrected chi connectivity index (χ0v) is 9.89. The third-order valence-electron chi connectivity index (χ3n) is 3.40. The summed E-state index contributed by atoms with van der Waals surface area (Å²) in [4.78, 5) is 12.2. The van der Waals surface area contributed by atoms with Crippen LogP contribution in [0.25, 0.3) is 0 Å². The number of benzene rings is 2. The van der Waals surface area contributed by atoms with E-state index in [1.807, 2.05) is 48.5 Å². The van der Waals surface area contributed by atoms with Gasteiger partial charge in [0, 0.05) is 23.7 Å². The molecule has 0 aromatic heterocycles. The van der Waals surface area contributed by atoms with E-state index in [1.54, 1.807) is 0 Å². The molecule has 0 unspecified atom stereocenters. The van der Waals surface area contributed by atoms with Crippen LogP contribution in [0.2, 0.25) is 0 Å². The molecule has 0 bridgehead atoms.